The molecule has 0 radical (unpaired) electrons. The molecular formula is C10H10N2O2. The van der Waals surface area contributed by atoms with E-state index in [9.17, 15) is 4.79 Å². The SMILES string of the molecule is Cc1cc(Cn2cccc2C=O)on1. The fourth-order valence-corrected chi connectivity index (χ4v) is 1.34. The number of carbonyl (C=O) groups is 1. The summed E-state index contributed by atoms with van der Waals surface area (Å²) >= 11 is 0. The Labute approximate surface area is 81.1 Å². The topological polar surface area (TPSA) is 48.0 Å². The lowest BCUT2D eigenvalue weighted by Gasteiger charge is -2.00. The van der Waals surface area contributed by atoms with Crippen molar-refractivity contribution in [2.45, 2.75) is 13.5 Å². The molecule has 2 aromatic rings. The van der Waals surface area contributed by atoms with Crippen molar-refractivity contribution in [1.82, 2.24) is 9.72 Å². The molecule has 0 unspecified atom stereocenters. The highest BCUT2D eigenvalue weighted by molar-refractivity contribution is 5.72. The van der Waals surface area contributed by atoms with Crippen LogP contribution < -0.4 is 0 Å². The monoisotopic (exact) mass is 190 g/mol. The molecular weight excluding hydrogens is 180 g/mol. The van der Waals surface area contributed by atoms with Crippen LogP contribution >= 0.6 is 0 Å². The molecule has 0 bridgehead atoms. The Morgan fingerprint density at radius 1 is 1.64 bits per heavy atom. The number of aldehydes is 1. The summed E-state index contributed by atoms with van der Waals surface area (Å²) in [5.74, 6) is 0.752. The lowest BCUT2D eigenvalue weighted by atomic mass is 10.4. The van der Waals surface area contributed by atoms with Gasteiger partial charge in [-0.1, -0.05) is 5.16 Å². The molecule has 4 heteroatoms. The molecule has 0 N–H and O–H groups in total. The lowest BCUT2D eigenvalue weighted by molar-refractivity contribution is 0.111. The molecule has 0 atom stereocenters. The molecule has 2 heterocycles. The summed E-state index contributed by atoms with van der Waals surface area (Å²) in [6.07, 6.45) is 2.66. The number of rotatable bonds is 3. The quantitative estimate of drug-likeness (QED) is 0.691. The van der Waals surface area contributed by atoms with E-state index in [4.69, 9.17) is 4.52 Å². The Morgan fingerprint density at radius 2 is 2.50 bits per heavy atom. The van der Waals surface area contributed by atoms with E-state index < -0.39 is 0 Å². The molecule has 0 fully saturated rings. The summed E-state index contributed by atoms with van der Waals surface area (Å²) in [6, 6.07) is 5.44. The second kappa shape index (κ2) is 3.49. The third kappa shape index (κ3) is 1.59. The molecule has 2 aromatic heterocycles. The molecule has 0 aliphatic heterocycles. The highest BCUT2D eigenvalue weighted by Gasteiger charge is 2.04. The molecule has 4 nitrogen and oxygen atoms in total. The smallest absolute Gasteiger partial charge is 0.166 e. The minimum atomic E-state index is 0.544. The van der Waals surface area contributed by atoms with Crippen LogP contribution in [0.2, 0.25) is 0 Å². The average Bonchev–Trinajstić information content (AvgIpc) is 2.76. The van der Waals surface area contributed by atoms with Gasteiger partial charge in [0.15, 0.2) is 12.0 Å². The van der Waals surface area contributed by atoms with Gasteiger partial charge in [0.1, 0.15) is 0 Å². The number of aromatic nitrogens is 2. The van der Waals surface area contributed by atoms with Gasteiger partial charge >= 0.3 is 0 Å². The van der Waals surface area contributed by atoms with Crippen molar-refractivity contribution in [2.24, 2.45) is 0 Å². The van der Waals surface area contributed by atoms with Gasteiger partial charge < -0.3 is 9.09 Å². The second-order valence-electron chi connectivity index (χ2n) is 3.11. The first kappa shape index (κ1) is 8.74. The highest BCUT2D eigenvalue weighted by atomic mass is 16.5. The molecule has 2 rings (SSSR count). The van der Waals surface area contributed by atoms with Crippen molar-refractivity contribution >= 4 is 6.29 Å². The molecule has 0 amide bonds. The van der Waals surface area contributed by atoms with Gasteiger partial charge in [-0.05, 0) is 19.1 Å². The van der Waals surface area contributed by atoms with E-state index in [1.807, 2.05) is 29.8 Å². The number of carbonyl (C=O) groups excluding carboxylic acids is 1. The number of hydrogen-bond donors (Lipinski definition) is 0. The van der Waals surface area contributed by atoms with Crippen LogP contribution in [-0.2, 0) is 6.54 Å². The van der Waals surface area contributed by atoms with Gasteiger partial charge in [-0.2, -0.15) is 0 Å². The highest BCUT2D eigenvalue weighted by Crippen LogP contribution is 2.07. The Morgan fingerprint density at radius 3 is 3.14 bits per heavy atom. The van der Waals surface area contributed by atoms with Crippen LogP contribution in [0.25, 0.3) is 0 Å². The van der Waals surface area contributed by atoms with Gasteiger partial charge in [0.2, 0.25) is 0 Å². The van der Waals surface area contributed by atoms with Crippen molar-refractivity contribution in [2.75, 3.05) is 0 Å². The zero-order chi connectivity index (χ0) is 9.97. The number of aryl methyl sites for hydroxylation is 1. The summed E-state index contributed by atoms with van der Waals surface area (Å²) < 4.78 is 6.86. The van der Waals surface area contributed by atoms with Crippen LogP contribution in [-0.4, -0.2) is 16.0 Å². The maximum atomic E-state index is 10.6. The van der Waals surface area contributed by atoms with E-state index in [-0.39, 0.29) is 0 Å². The molecule has 0 aliphatic carbocycles. The van der Waals surface area contributed by atoms with Crippen LogP contribution in [0.15, 0.2) is 28.9 Å². The molecule has 72 valence electrons. The van der Waals surface area contributed by atoms with E-state index >= 15 is 0 Å². The third-order valence-electron chi connectivity index (χ3n) is 1.99. The first-order chi connectivity index (χ1) is 6.79. The van der Waals surface area contributed by atoms with Gasteiger partial charge in [-0.3, -0.25) is 4.79 Å². The third-order valence-corrected chi connectivity index (χ3v) is 1.99. The predicted octanol–water partition coefficient (Wildman–Crippen LogP) is 1.65. The van der Waals surface area contributed by atoms with Crippen LogP contribution in [0.4, 0.5) is 0 Å². The maximum absolute atomic E-state index is 10.6. The van der Waals surface area contributed by atoms with Gasteiger partial charge in [-0.25, -0.2) is 0 Å². The van der Waals surface area contributed by atoms with Crippen molar-refractivity contribution in [3.8, 4) is 0 Å². The first-order valence-corrected chi connectivity index (χ1v) is 4.32. The van der Waals surface area contributed by atoms with Crippen LogP contribution in [0.5, 0.6) is 0 Å². The van der Waals surface area contributed by atoms with E-state index in [1.54, 1.807) is 6.07 Å². The van der Waals surface area contributed by atoms with Crippen LogP contribution in [0.1, 0.15) is 21.9 Å². The van der Waals surface area contributed by atoms with E-state index in [0.29, 0.717) is 12.2 Å². The normalized spacial score (nSPS) is 10.4. The summed E-state index contributed by atoms with van der Waals surface area (Å²) in [5.41, 5.74) is 1.49. The molecule has 0 spiro atoms. The summed E-state index contributed by atoms with van der Waals surface area (Å²) in [5, 5.41) is 3.78. The van der Waals surface area contributed by atoms with Crippen LogP contribution in [0, 0.1) is 6.92 Å². The van der Waals surface area contributed by atoms with Crippen molar-refractivity contribution in [3.05, 3.63) is 41.5 Å². The molecule has 0 aliphatic rings. The minimum absolute atomic E-state index is 0.544. The average molecular weight is 190 g/mol. The van der Waals surface area contributed by atoms with E-state index in [1.165, 1.54) is 0 Å². The Hall–Kier alpha value is -1.84. The van der Waals surface area contributed by atoms with Crippen LogP contribution in [0.3, 0.4) is 0 Å². The fourth-order valence-electron chi connectivity index (χ4n) is 1.34. The lowest BCUT2D eigenvalue weighted by Crippen LogP contribution is -2.00. The largest absolute Gasteiger partial charge is 0.359 e. The standard InChI is InChI=1S/C10H10N2O2/c1-8-5-10(14-11-8)6-12-4-2-3-9(12)7-13/h2-5,7H,6H2,1H3. The van der Waals surface area contributed by atoms with E-state index in [0.717, 1.165) is 17.7 Å². The molecule has 0 saturated carbocycles. The van der Waals surface area contributed by atoms with Gasteiger partial charge in [0.05, 0.1) is 17.9 Å². The summed E-state index contributed by atoms with van der Waals surface area (Å²) in [4.78, 5) is 10.6. The predicted molar refractivity (Wildman–Crippen MR) is 50.2 cm³/mol. The van der Waals surface area contributed by atoms with E-state index in [2.05, 4.69) is 5.16 Å². The maximum Gasteiger partial charge on any atom is 0.166 e. The summed E-state index contributed by atoms with van der Waals surface area (Å²) in [7, 11) is 0. The summed E-state index contributed by atoms with van der Waals surface area (Å²) in [6.45, 7) is 2.41. The van der Waals surface area contributed by atoms with Crippen molar-refractivity contribution < 1.29 is 9.32 Å². The van der Waals surface area contributed by atoms with Crippen molar-refractivity contribution in [3.63, 3.8) is 0 Å². The zero-order valence-electron chi connectivity index (χ0n) is 7.80. The second-order valence-corrected chi connectivity index (χ2v) is 3.11. The molecule has 14 heavy (non-hydrogen) atoms. The van der Waals surface area contributed by atoms with Gasteiger partial charge in [0.25, 0.3) is 0 Å². The Balaban J connectivity index is 2.22. The Bertz CT molecular complexity index is 442. The molecule has 0 aromatic carbocycles. The van der Waals surface area contributed by atoms with Crippen molar-refractivity contribution in [1.29, 1.82) is 0 Å². The minimum Gasteiger partial charge on any atom is -0.359 e. The Kier molecular flexibility index (Phi) is 2.18. The number of hydrogen-bond acceptors (Lipinski definition) is 3. The first-order valence-electron chi connectivity index (χ1n) is 4.32. The molecule has 0 saturated heterocycles. The van der Waals surface area contributed by atoms with Gasteiger partial charge in [-0.15, -0.1) is 0 Å². The zero-order valence-corrected chi connectivity index (χ0v) is 7.80. The van der Waals surface area contributed by atoms with Gasteiger partial charge in [0, 0.05) is 12.3 Å². The number of nitrogens with zero attached hydrogens (tertiary/aromatic N) is 2. The fraction of sp³-hybridized carbons (Fsp3) is 0.200.